The fraction of sp³-hybridized carbons (Fsp3) is 0.286. The van der Waals surface area contributed by atoms with E-state index in [0.29, 0.717) is 11.9 Å². The number of nitrogens with zero attached hydrogens (tertiary/aromatic N) is 3. The van der Waals surface area contributed by atoms with E-state index < -0.39 is 47.2 Å². The van der Waals surface area contributed by atoms with Gasteiger partial charge in [-0.15, -0.1) is 0 Å². The SMILES string of the molecule is CC(CC(F)(F)F)NC(=O)c1cn(-c2ccc(F)cc2F)c2nc(N(C)C)ccc2c1=O. The molecule has 0 radical (unpaired) electrons. The summed E-state index contributed by atoms with van der Waals surface area (Å²) in [5.74, 6) is -2.45. The van der Waals surface area contributed by atoms with Gasteiger partial charge in [-0.3, -0.25) is 14.2 Å². The summed E-state index contributed by atoms with van der Waals surface area (Å²) >= 11 is 0. The Morgan fingerprint density at radius 3 is 2.47 bits per heavy atom. The summed E-state index contributed by atoms with van der Waals surface area (Å²) in [6.45, 7) is 1.15. The van der Waals surface area contributed by atoms with Crippen LogP contribution in [0, 0.1) is 11.6 Å². The number of nitrogens with one attached hydrogen (secondary N) is 1. The second kappa shape index (κ2) is 8.56. The Hall–Kier alpha value is -3.50. The molecule has 0 saturated heterocycles. The van der Waals surface area contributed by atoms with E-state index >= 15 is 0 Å². The minimum atomic E-state index is -4.51. The number of fused-ring (bicyclic) bond motifs is 1. The molecule has 0 bridgehead atoms. The summed E-state index contributed by atoms with van der Waals surface area (Å²) in [5.41, 5.74) is -1.49. The van der Waals surface area contributed by atoms with Crippen molar-refractivity contribution in [3.8, 4) is 5.69 Å². The predicted molar refractivity (Wildman–Crippen MR) is 109 cm³/mol. The number of carbonyl (C=O) groups is 1. The molecule has 3 aromatic rings. The van der Waals surface area contributed by atoms with Gasteiger partial charge in [0.2, 0.25) is 5.43 Å². The molecule has 0 saturated carbocycles. The third-order valence-electron chi connectivity index (χ3n) is 4.62. The Balaban J connectivity index is 2.21. The molecular weight excluding hydrogens is 435 g/mol. The molecule has 1 unspecified atom stereocenters. The monoisotopic (exact) mass is 454 g/mol. The highest BCUT2D eigenvalue weighted by atomic mass is 19.4. The van der Waals surface area contributed by atoms with Crippen LogP contribution in [-0.4, -0.2) is 41.8 Å². The van der Waals surface area contributed by atoms with Gasteiger partial charge in [0.05, 0.1) is 17.5 Å². The molecule has 0 aliphatic carbocycles. The number of halogens is 5. The molecule has 1 amide bonds. The lowest BCUT2D eigenvalue weighted by molar-refractivity contribution is -0.138. The van der Waals surface area contributed by atoms with Gasteiger partial charge < -0.3 is 10.2 Å². The highest BCUT2D eigenvalue weighted by Gasteiger charge is 2.31. The standard InChI is InChI=1S/C21H19F5N4O2/c1-11(9-21(24,25)26)27-20(32)14-10-30(16-6-4-12(22)8-15(16)23)19-13(18(14)31)5-7-17(28-19)29(2)3/h4-8,10-11H,9H2,1-3H3,(H,27,32). The normalized spacial score (nSPS) is 12.6. The maximum atomic E-state index is 14.5. The molecule has 1 atom stereocenters. The van der Waals surface area contributed by atoms with Crippen LogP contribution in [0.15, 0.2) is 41.3 Å². The molecule has 0 aliphatic heterocycles. The van der Waals surface area contributed by atoms with E-state index in [1.54, 1.807) is 19.0 Å². The zero-order chi connectivity index (χ0) is 23.8. The van der Waals surface area contributed by atoms with Crippen LogP contribution in [-0.2, 0) is 0 Å². The molecule has 32 heavy (non-hydrogen) atoms. The van der Waals surface area contributed by atoms with Crippen LogP contribution in [0.25, 0.3) is 16.7 Å². The van der Waals surface area contributed by atoms with E-state index in [1.807, 2.05) is 0 Å². The fourth-order valence-corrected chi connectivity index (χ4v) is 3.16. The van der Waals surface area contributed by atoms with Crippen molar-refractivity contribution in [1.82, 2.24) is 14.9 Å². The van der Waals surface area contributed by atoms with Crippen molar-refractivity contribution in [3.63, 3.8) is 0 Å². The van der Waals surface area contributed by atoms with E-state index in [0.717, 1.165) is 29.8 Å². The van der Waals surface area contributed by atoms with Gasteiger partial charge in [-0.2, -0.15) is 13.2 Å². The number of anilines is 1. The molecule has 2 heterocycles. The molecule has 11 heteroatoms. The van der Waals surface area contributed by atoms with Crippen LogP contribution in [0.3, 0.4) is 0 Å². The number of alkyl halides is 3. The van der Waals surface area contributed by atoms with Crippen molar-refractivity contribution in [2.45, 2.75) is 25.6 Å². The number of hydrogen-bond acceptors (Lipinski definition) is 4. The van der Waals surface area contributed by atoms with Crippen LogP contribution in [0.4, 0.5) is 27.8 Å². The third kappa shape index (κ3) is 4.87. The number of aromatic nitrogens is 2. The van der Waals surface area contributed by atoms with Gasteiger partial charge in [-0.1, -0.05) is 0 Å². The molecule has 0 aliphatic rings. The van der Waals surface area contributed by atoms with Gasteiger partial charge in [-0.25, -0.2) is 13.8 Å². The Bertz CT molecular complexity index is 1240. The molecule has 0 fully saturated rings. The first kappa shape index (κ1) is 23.2. The number of amides is 1. The second-order valence-corrected chi connectivity index (χ2v) is 7.47. The largest absolute Gasteiger partial charge is 0.391 e. The van der Waals surface area contributed by atoms with Crippen molar-refractivity contribution >= 4 is 22.8 Å². The molecule has 1 aromatic carbocycles. The summed E-state index contributed by atoms with van der Waals surface area (Å²) in [5, 5.41) is 2.08. The summed E-state index contributed by atoms with van der Waals surface area (Å²) in [4.78, 5) is 31.5. The highest BCUT2D eigenvalue weighted by molar-refractivity contribution is 5.97. The summed E-state index contributed by atoms with van der Waals surface area (Å²) in [7, 11) is 3.39. The van der Waals surface area contributed by atoms with Gasteiger partial charge in [0.1, 0.15) is 23.0 Å². The number of pyridine rings is 2. The van der Waals surface area contributed by atoms with E-state index in [2.05, 4.69) is 10.3 Å². The van der Waals surface area contributed by atoms with Crippen molar-refractivity contribution in [3.05, 3.63) is 63.9 Å². The quantitative estimate of drug-likeness (QED) is 0.596. The van der Waals surface area contributed by atoms with E-state index in [4.69, 9.17) is 0 Å². The molecule has 0 spiro atoms. The first-order valence-corrected chi connectivity index (χ1v) is 9.44. The first-order chi connectivity index (χ1) is 14.9. The van der Waals surface area contributed by atoms with Crippen LogP contribution in [0.2, 0.25) is 0 Å². The number of carbonyl (C=O) groups excluding carboxylic acids is 1. The Kier molecular flexibility index (Phi) is 6.20. The minimum Gasteiger partial charge on any atom is -0.363 e. The Labute approximate surface area is 179 Å². The molecule has 6 nitrogen and oxygen atoms in total. The number of rotatable bonds is 5. The lowest BCUT2D eigenvalue weighted by Crippen LogP contribution is -2.38. The van der Waals surface area contributed by atoms with Gasteiger partial charge in [0.25, 0.3) is 5.91 Å². The molecule has 1 N–H and O–H groups in total. The van der Waals surface area contributed by atoms with Crippen LogP contribution in [0.5, 0.6) is 0 Å². The first-order valence-electron chi connectivity index (χ1n) is 9.44. The van der Waals surface area contributed by atoms with Crippen LogP contribution in [0.1, 0.15) is 23.7 Å². The Morgan fingerprint density at radius 1 is 1.19 bits per heavy atom. The van der Waals surface area contributed by atoms with Gasteiger partial charge in [0.15, 0.2) is 5.65 Å². The van der Waals surface area contributed by atoms with Gasteiger partial charge in [0, 0.05) is 32.4 Å². The molecular formula is C21H19F5N4O2. The maximum Gasteiger partial charge on any atom is 0.391 e. The molecule has 2 aromatic heterocycles. The van der Waals surface area contributed by atoms with Crippen molar-refractivity contribution in [2.24, 2.45) is 0 Å². The smallest absolute Gasteiger partial charge is 0.363 e. The fourth-order valence-electron chi connectivity index (χ4n) is 3.16. The van der Waals surface area contributed by atoms with E-state index in [9.17, 15) is 31.5 Å². The summed E-state index contributed by atoms with van der Waals surface area (Å²) < 4.78 is 66.9. The lowest BCUT2D eigenvalue weighted by atomic mass is 10.1. The topological polar surface area (TPSA) is 67.2 Å². The lowest BCUT2D eigenvalue weighted by Gasteiger charge is -2.18. The zero-order valence-corrected chi connectivity index (χ0v) is 17.3. The maximum absolute atomic E-state index is 14.5. The molecule has 3 rings (SSSR count). The highest BCUT2D eigenvalue weighted by Crippen LogP contribution is 2.23. The number of benzene rings is 1. The van der Waals surface area contributed by atoms with E-state index in [-0.39, 0.29) is 16.7 Å². The molecule has 170 valence electrons. The summed E-state index contributed by atoms with van der Waals surface area (Å²) in [6.07, 6.45) is -4.82. The van der Waals surface area contributed by atoms with Crippen LogP contribution < -0.4 is 15.6 Å². The average molecular weight is 454 g/mol. The third-order valence-corrected chi connectivity index (χ3v) is 4.62. The second-order valence-electron chi connectivity index (χ2n) is 7.47. The van der Waals surface area contributed by atoms with Gasteiger partial charge in [-0.05, 0) is 31.2 Å². The van der Waals surface area contributed by atoms with Crippen molar-refractivity contribution in [2.75, 3.05) is 19.0 Å². The van der Waals surface area contributed by atoms with Crippen molar-refractivity contribution in [1.29, 1.82) is 0 Å². The number of hydrogen-bond donors (Lipinski definition) is 1. The predicted octanol–water partition coefficient (Wildman–Crippen LogP) is 3.80. The minimum absolute atomic E-state index is 0.00778. The van der Waals surface area contributed by atoms with Crippen LogP contribution >= 0.6 is 0 Å². The van der Waals surface area contributed by atoms with Gasteiger partial charge >= 0.3 is 6.18 Å². The van der Waals surface area contributed by atoms with Crippen molar-refractivity contribution < 1.29 is 26.7 Å². The summed E-state index contributed by atoms with van der Waals surface area (Å²) in [6, 6.07) is 4.30. The van der Waals surface area contributed by atoms with E-state index in [1.165, 1.54) is 12.1 Å². The Morgan fingerprint density at radius 2 is 1.88 bits per heavy atom. The zero-order valence-electron chi connectivity index (χ0n) is 17.3. The average Bonchev–Trinajstić information content (AvgIpc) is 2.67.